The fraction of sp³-hybridized carbons (Fsp3) is 0.350. The lowest BCUT2D eigenvalue weighted by Crippen LogP contribution is -2.50. The van der Waals surface area contributed by atoms with E-state index in [1.54, 1.807) is 22.7 Å². The molecule has 1 aliphatic heterocycles. The average molecular weight is 402 g/mol. The van der Waals surface area contributed by atoms with Crippen LogP contribution in [0.5, 0.6) is 0 Å². The van der Waals surface area contributed by atoms with Crippen LogP contribution >= 0.6 is 11.6 Å². The monoisotopic (exact) mass is 401 g/mol. The van der Waals surface area contributed by atoms with E-state index in [4.69, 9.17) is 11.6 Å². The normalized spacial score (nSPS) is 15.2. The van der Waals surface area contributed by atoms with E-state index in [1.807, 2.05) is 42.2 Å². The Labute approximate surface area is 169 Å². The summed E-state index contributed by atoms with van der Waals surface area (Å²) in [4.78, 5) is 28.4. The third-order valence-electron chi connectivity index (χ3n) is 4.70. The van der Waals surface area contributed by atoms with Crippen molar-refractivity contribution in [2.75, 3.05) is 38.0 Å². The highest BCUT2D eigenvalue weighted by Crippen LogP contribution is 2.20. The van der Waals surface area contributed by atoms with Crippen LogP contribution < -0.4 is 5.32 Å². The molecule has 0 spiro atoms. The number of aryl methyl sites for hydroxylation is 2. The van der Waals surface area contributed by atoms with Gasteiger partial charge in [0.05, 0.1) is 12.2 Å². The molecular formula is C20H24ClN5O2. The Kier molecular flexibility index (Phi) is 6.49. The molecule has 1 N–H and O–H groups in total. The predicted octanol–water partition coefficient (Wildman–Crippen LogP) is 2.18. The lowest BCUT2D eigenvalue weighted by atomic mass is 10.2. The smallest absolute Gasteiger partial charge is 0.246 e. The lowest BCUT2D eigenvalue weighted by Gasteiger charge is -2.33. The van der Waals surface area contributed by atoms with E-state index in [0.29, 0.717) is 37.9 Å². The Morgan fingerprint density at radius 2 is 1.86 bits per heavy atom. The van der Waals surface area contributed by atoms with Gasteiger partial charge < -0.3 is 10.2 Å². The molecule has 1 aromatic heterocycles. The molecule has 8 heteroatoms. The number of nitrogens with zero attached hydrogens (tertiary/aromatic N) is 4. The molecule has 1 fully saturated rings. The maximum atomic E-state index is 12.4. The van der Waals surface area contributed by atoms with Crippen molar-refractivity contribution in [3.05, 3.63) is 52.8 Å². The van der Waals surface area contributed by atoms with Gasteiger partial charge in [0.2, 0.25) is 11.8 Å². The van der Waals surface area contributed by atoms with Crippen molar-refractivity contribution >= 4 is 35.2 Å². The first kappa shape index (κ1) is 20.1. The number of carbonyl (C=O) groups is 2. The van der Waals surface area contributed by atoms with Crippen molar-refractivity contribution in [2.24, 2.45) is 7.05 Å². The van der Waals surface area contributed by atoms with E-state index < -0.39 is 0 Å². The fourth-order valence-electron chi connectivity index (χ4n) is 3.15. The second-order valence-corrected chi connectivity index (χ2v) is 7.12. The van der Waals surface area contributed by atoms with Gasteiger partial charge in [0.1, 0.15) is 5.15 Å². The summed E-state index contributed by atoms with van der Waals surface area (Å²) in [6, 6.07) is 9.39. The summed E-state index contributed by atoms with van der Waals surface area (Å²) >= 11 is 6.19. The first-order valence-corrected chi connectivity index (χ1v) is 9.55. The molecule has 0 saturated carbocycles. The predicted molar refractivity (Wildman–Crippen MR) is 110 cm³/mol. The molecule has 3 rings (SSSR count). The van der Waals surface area contributed by atoms with E-state index in [-0.39, 0.29) is 11.8 Å². The van der Waals surface area contributed by atoms with Gasteiger partial charge in [-0.25, -0.2) is 0 Å². The van der Waals surface area contributed by atoms with Crippen LogP contribution in [0, 0.1) is 6.92 Å². The van der Waals surface area contributed by atoms with Gasteiger partial charge >= 0.3 is 0 Å². The summed E-state index contributed by atoms with van der Waals surface area (Å²) < 4.78 is 1.58. The summed E-state index contributed by atoms with van der Waals surface area (Å²) in [5, 5.41) is 7.62. The van der Waals surface area contributed by atoms with Crippen LogP contribution in [0.15, 0.2) is 36.4 Å². The molecule has 28 heavy (non-hydrogen) atoms. The third-order valence-corrected chi connectivity index (χ3v) is 5.15. The van der Waals surface area contributed by atoms with Crippen molar-refractivity contribution in [1.29, 1.82) is 0 Å². The Bertz CT molecular complexity index is 870. The van der Waals surface area contributed by atoms with Crippen molar-refractivity contribution in [1.82, 2.24) is 19.6 Å². The fourth-order valence-corrected chi connectivity index (χ4v) is 3.38. The molecule has 148 valence electrons. The van der Waals surface area contributed by atoms with E-state index in [2.05, 4.69) is 10.4 Å². The van der Waals surface area contributed by atoms with Gasteiger partial charge in [-0.15, -0.1) is 0 Å². The Hall–Kier alpha value is -2.64. The Balaban J connectivity index is 1.47. The highest BCUT2D eigenvalue weighted by atomic mass is 35.5. The Morgan fingerprint density at radius 3 is 2.46 bits per heavy atom. The van der Waals surface area contributed by atoms with Crippen LogP contribution in [0.25, 0.3) is 6.08 Å². The highest BCUT2D eigenvalue weighted by molar-refractivity contribution is 6.31. The van der Waals surface area contributed by atoms with Gasteiger partial charge in [0, 0.05) is 50.6 Å². The average Bonchev–Trinajstić information content (AvgIpc) is 2.92. The molecule has 1 aromatic carbocycles. The lowest BCUT2D eigenvalue weighted by molar-refractivity contribution is -0.127. The summed E-state index contributed by atoms with van der Waals surface area (Å²) in [5.74, 6) is -0.111. The molecule has 7 nitrogen and oxygen atoms in total. The number of nitrogens with one attached hydrogen (secondary N) is 1. The van der Waals surface area contributed by atoms with Gasteiger partial charge in [0.15, 0.2) is 0 Å². The van der Waals surface area contributed by atoms with Crippen LogP contribution in [0.1, 0.15) is 11.3 Å². The third kappa shape index (κ3) is 4.99. The van der Waals surface area contributed by atoms with Gasteiger partial charge in [0.25, 0.3) is 0 Å². The zero-order valence-electron chi connectivity index (χ0n) is 16.1. The zero-order valence-corrected chi connectivity index (χ0v) is 16.8. The number of piperazine rings is 1. The molecule has 0 aliphatic carbocycles. The van der Waals surface area contributed by atoms with Crippen LogP contribution in [-0.4, -0.2) is 64.1 Å². The van der Waals surface area contributed by atoms with Crippen LogP contribution in [0.4, 0.5) is 5.69 Å². The summed E-state index contributed by atoms with van der Waals surface area (Å²) in [6.45, 7) is 4.67. The Morgan fingerprint density at radius 1 is 1.18 bits per heavy atom. The summed E-state index contributed by atoms with van der Waals surface area (Å²) in [5.41, 5.74) is 2.33. The molecule has 0 radical (unpaired) electrons. The van der Waals surface area contributed by atoms with Crippen LogP contribution in [0.3, 0.4) is 0 Å². The van der Waals surface area contributed by atoms with Crippen LogP contribution in [0.2, 0.25) is 5.15 Å². The maximum absolute atomic E-state index is 12.4. The standard InChI is InChI=1S/C20H24ClN5O2/c1-15-17(20(21)24(2)23-15)8-9-19(28)26-12-10-25(11-13-26)14-18(27)22-16-6-4-3-5-7-16/h3-9H,10-14H2,1-2H3,(H,22,27)/b9-8+. The minimum atomic E-state index is -0.0623. The molecule has 0 atom stereocenters. The number of carbonyl (C=O) groups excluding carboxylic acids is 2. The number of rotatable bonds is 5. The largest absolute Gasteiger partial charge is 0.337 e. The number of hydrogen-bond donors (Lipinski definition) is 1. The molecular weight excluding hydrogens is 378 g/mol. The van der Waals surface area contributed by atoms with Gasteiger partial charge in [-0.1, -0.05) is 29.8 Å². The number of anilines is 1. The molecule has 1 saturated heterocycles. The van der Waals surface area contributed by atoms with Crippen molar-refractivity contribution in [3.8, 4) is 0 Å². The second-order valence-electron chi connectivity index (χ2n) is 6.76. The first-order chi connectivity index (χ1) is 13.4. The minimum Gasteiger partial charge on any atom is -0.337 e. The molecule has 2 heterocycles. The molecule has 1 aliphatic rings. The number of benzene rings is 1. The van der Waals surface area contributed by atoms with E-state index >= 15 is 0 Å². The molecule has 0 unspecified atom stereocenters. The number of para-hydroxylation sites is 1. The van der Waals surface area contributed by atoms with E-state index in [0.717, 1.165) is 16.9 Å². The number of halogens is 1. The highest BCUT2D eigenvalue weighted by Gasteiger charge is 2.21. The van der Waals surface area contributed by atoms with Gasteiger partial charge in [-0.05, 0) is 25.1 Å². The summed E-state index contributed by atoms with van der Waals surface area (Å²) in [6.07, 6.45) is 3.25. The van der Waals surface area contributed by atoms with Crippen molar-refractivity contribution in [3.63, 3.8) is 0 Å². The number of amides is 2. The molecule has 2 aromatic rings. The zero-order chi connectivity index (χ0) is 20.1. The SMILES string of the molecule is Cc1nn(C)c(Cl)c1/C=C/C(=O)N1CCN(CC(=O)Nc2ccccc2)CC1. The maximum Gasteiger partial charge on any atom is 0.246 e. The quantitative estimate of drug-likeness (QED) is 0.779. The summed E-state index contributed by atoms with van der Waals surface area (Å²) in [7, 11) is 1.77. The second kappa shape index (κ2) is 9.03. The topological polar surface area (TPSA) is 70.5 Å². The first-order valence-electron chi connectivity index (χ1n) is 9.17. The van der Waals surface area contributed by atoms with Crippen molar-refractivity contribution < 1.29 is 9.59 Å². The van der Waals surface area contributed by atoms with Crippen LogP contribution in [-0.2, 0) is 16.6 Å². The van der Waals surface area contributed by atoms with Gasteiger partial charge in [-0.3, -0.25) is 19.2 Å². The molecule has 0 bridgehead atoms. The van der Waals surface area contributed by atoms with Crippen molar-refractivity contribution in [2.45, 2.75) is 6.92 Å². The van der Waals surface area contributed by atoms with E-state index in [9.17, 15) is 9.59 Å². The van der Waals surface area contributed by atoms with E-state index in [1.165, 1.54) is 6.08 Å². The minimum absolute atomic E-state index is 0.0485. The van der Waals surface area contributed by atoms with Gasteiger partial charge in [-0.2, -0.15) is 5.10 Å². The number of hydrogen-bond acceptors (Lipinski definition) is 4. The molecule has 2 amide bonds. The number of aromatic nitrogens is 2.